The standard InChI is InChI=1S/C26H17Cl2F3N2O3/c1-24-21(22(34)33(23(24)35)19-11-17(27)10-18(28)12-19)25(24,15-4-2-14(13-32)3-5-15)16-6-8-20(9-7-16)36-26(29,30)31/h2-6,8-12,16,21H,7H2,1H3/t16?,21-,24-,25-/m0/s1. The summed E-state index contributed by atoms with van der Waals surface area (Å²) in [4.78, 5) is 28.7. The molecule has 2 fully saturated rings. The fourth-order valence-corrected chi connectivity index (χ4v) is 6.53. The van der Waals surface area contributed by atoms with E-state index in [4.69, 9.17) is 23.2 Å². The Hall–Kier alpha value is -3.28. The number of imide groups is 1. The summed E-state index contributed by atoms with van der Waals surface area (Å²) in [6, 6.07) is 13.1. The van der Waals surface area contributed by atoms with E-state index in [0.717, 1.165) is 4.90 Å². The van der Waals surface area contributed by atoms with Crippen molar-refractivity contribution in [2.24, 2.45) is 17.3 Å². The summed E-state index contributed by atoms with van der Waals surface area (Å²) in [7, 11) is 0. The van der Waals surface area contributed by atoms with E-state index in [2.05, 4.69) is 4.74 Å². The summed E-state index contributed by atoms with van der Waals surface area (Å²) in [6.45, 7) is 1.70. The first-order chi connectivity index (χ1) is 16.9. The molecule has 0 aromatic heterocycles. The Labute approximate surface area is 214 Å². The van der Waals surface area contributed by atoms with Gasteiger partial charge in [-0.2, -0.15) is 5.26 Å². The molecule has 0 bridgehead atoms. The third kappa shape index (κ3) is 3.45. The van der Waals surface area contributed by atoms with Crippen LogP contribution in [0.4, 0.5) is 18.9 Å². The number of fused-ring (bicyclic) bond motifs is 1. The third-order valence-corrected chi connectivity index (χ3v) is 7.84. The highest BCUT2D eigenvalue weighted by molar-refractivity contribution is 6.36. The monoisotopic (exact) mass is 532 g/mol. The molecule has 1 saturated heterocycles. The number of nitriles is 1. The summed E-state index contributed by atoms with van der Waals surface area (Å²) in [5, 5.41) is 9.74. The molecule has 2 aromatic carbocycles. The van der Waals surface area contributed by atoms with Crippen LogP contribution in [0.2, 0.25) is 10.0 Å². The van der Waals surface area contributed by atoms with Gasteiger partial charge in [-0.1, -0.05) is 41.4 Å². The van der Waals surface area contributed by atoms with Crippen LogP contribution >= 0.6 is 23.2 Å². The molecule has 184 valence electrons. The molecule has 1 heterocycles. The van der Waals surface area contributed by atoms with E-state index < -0.39 is 40.8 Å². The largest absolute Gasteiger partial charge is 0.573 e. The van der Waals surface area contributed by atoms with Crippen molar-refractivity contribution in [3.8, 4) is 6.07 Å². The first-order valence-electron chi connectivity index (χ1n) is 10.9. The van der Waals surface area contributed by atoms with Gasteiger partial charge in [0.2, 0.25) is 11.8 Å². The molecule has 36 heavy (non-hydrogen) atoms. The number of benzene rings is 2. The van der Waals surface area contributed by atoms with Crippen molar-refractivity contribution in [1.82, 2.24) is 0 Å². The van der Waals surface area contributed by atoms with Gasteiger partial charge in [-0.15, -0.1) is 13.2 Å². The van der Waals surface area contributed by atoms with Gasteiger partial charge in [0.25, 0.3) is 0 Å². The quantitative estimate of drug-likeness (QED) is 0.432. The number of rotatable bonds is 4. The normalized spacial score (nSPS) is 29.0. The Morgan fingerprint density at radius 3 is 2.22 bits per heavy atom. The fourth-order valence-electron chi connectivity index (χ4n) is 6.01. The Balaban J connectivity index is 1.57. The van der Waals surface area contributed by atoms with Crippen LogP contribution in [-0.4, -0.2) is 18.2 Å². The smallest absolute Gasteiger partial charge is 0.406 e. The second-order valence-corrected chi connectivity index (χ2v) is 10.0. The Morgan fingerprint density at radius 2 is 1.75 bits per heavy atom. The van der Waals surface area contributed by atoms with Crippen LogP contribution in [0.1, 0.15) is 24.5 Å². The number of hydrogen-bond acceptors (Lipinski definition) is 4. The predicted molar refractivity (Wildman–Crippen MR) is 126 cm³/mol. The average molecular weight is 533 g/mol. The zero-order chi connectivity index (χ0) is 26.0. The molecule has 10 heteroatoms. The molecule has 3 aliphatic rings. The second kappa shape index (κ2) is 8.12. The average Bonchev–Trinajstić information content (AvgIpc) is 3.32. The molecular formula is C26H17Cl2F3N2O3. The van der Waals surface area contributed by atoms with Crippen LogP contribution in [0.5, 0.6) is 0 Å². The van der Waals surface area contributed by atoms with E-state index in [9.17, 15) is 28.0 Å². The minimum atomic E-state index is -4.83. The summed E-state index contributed by atoms with van der Waals surface area (Å²) in [5.41, 5.74) is -0.895. The van der Waals surface area contributed by atoms with Gasteiger partial charge >= 0.3 is 6.36 Å². The topological polar surface area (TPSA) is 70.4 Å². The van der Waals surface area contributed by atoms with Crippen LogP contribution in [0.25, 0.3) is 0 Å². The molecule has 2 aromatic rings. The van der Waals surface area contributed by atoms with Gasteiger partial charge in [0, 0.05) is 15.5 Å². The van der Waals surface area contributed by atoms with Gasteiger partial charge in [0.1, 0.15) is 5.76 Å². The maximum absolute atomic E-state index is 13.9. The van der Waals surface area contributed by atoms with E-state index in [0.29, 0.717) is 11.1 Å². The number of halogens is 5. The Kier molecular flexibility index (Phi) is 5.51. The highest BCUT2D eigenvalue weighted by Gasteiger charge is 2.87. The SMILES string of the molecule is C[C@@]12C(=O)N(c3cc(Cl)cc(Cl)c3)C(=O)[C@@H]1[C@]2(c1ccc(C#N)cc1)C1C=CC(OC(F)(F)F)=CC1. The van der Waals surface area contributed by atoms with Gasteiger partial charge in [-0.3, -0.25) is 9.59 Å². The maximum Gasteiger partial charge on any atom is 0.573 e. The molecule has 1 saturated carbocycles. The number of ether oxygens (including phenoxy) is 1. The van der Waals surface area contributed by atoms with Gasteiger partial charge in [-0.05, 0) is 67.3 Å². The highest BCUT2D eigenvalue weighted by atomic mass is 35.5. The van der Waals surface area contributed by atoms with Crippen molar-refractivity contribution in [2.75, 3.05) is 4.90 Å². The predicted octanol–water partition coefficient (Wildman–Crippen LogP) is 6.31. The zero-order valence-electron chi connectivity index (χ0n) is 18.6. The maximum atomic E-state index is 13.9. The van der Waals surface area contributed by atoms with Gasteiger partial charge in [-0.25, -0.2) is 4.90 Å². The molecular weight excluding hydrogens is 516 g/mol. The molecule has 4 atom stereocenters. The highest BCUT2D eigenvalue weighted by Crippen LogP contribution is 2.78. The molecule has 0 radical (unpaired) electrons. The van der Waals surface area contributed by atoms with Crippen molar-refractivity contribution >= 4 is 40.7 Å². The number of nitrogens with zero attached hydrogens (tertiary/aromatic N) is 2. The summed E-state index contributed by atoms with van der Waals surface area (Å²) in [5.74, 6) is -2.50. The van der Waals surface area contributed by atoms with Crippen molar-refractivity contribution in [3.05, 3.63) is 87.6 Å². The summed E-state index contributed by atoms with van der Waals surface area (Å²) in [6.07, 6.45) is -0.625. The van der Waals surface area contributed by atoms with Gasteiger partial charge in [0.15, 0.2) is 0 Å². The minimum Gasteiger partial charge on any atom is -0.406 e. The minimum absolute atomic E-state index is 0.123. The lowest BCUT2D eigenvalue weighted by atomic mass is 9.72. The van der Waals surface area contributed by atoms with Crippen molar-refractivity contribution in [2.45, 2.75) is 25.1 Å². The summed E-state index contributed by atoms with van der Waals surface area (Å²) < 4.78 is 42.1. The molecule has 1 unspecified atom stereocenters. The third-order valence-electron chi connectivity index (χ3n) is 7.40. The number of carbonyl (C=O) groups is 2. The van der Waals surface area contributed by atoms with Crippen LogP contribution in [0, 0.1) is 28.6 Å². The molecule has 1 aliphatic heterocycles. The first-order valence-corrected chi connectivity index (χ1v) is 11.7. The van der Waals surface area contributed by atoms with Crippen LogP contribution in [-0.2, 0) is 19.7 Å². The second-order valence-electron chi connectivity index (χ2n) is 9.16. The lowest BCUT2D eigenvalue weighted by molar-refractivity contribution is -0.303. The number of anilines is 1. The lowest BCUT2D eigenvalue weighted by Gasteiger charge is -2.34. The number of amides is 2. The van der Waals surface area contributed by atoms with Crippen LogP contribution in [0.15, 0.2) is 66.5 Å². The van der Waals surface area contributed by atoms with E-state index in [1.54, 1.807) is 37.3 Å². The Bertz CT molecular complexity index is 1380. The number of carbonyl (C=O) groups excluding carboxylic acids is 2. The van der Waals surface area contributed by atoms with Crippen LogP contribution in [0.3, 0.4) is 0 Å². The van der Waals surface area contributed by atoms with Crippen molar-refractivity contribution < 1.29 is 27.5 Å². The lowest BCUT2D eigenvalue weighted by Crippen LogP contribution is -2.44. The van der Waals surface area contributed by atoms with Crippen molar-refractivity contribution in [1.29, 1.82) is 5.26 Å². The van der Waals surface area contributed by atoms with E-state index in [-0.39, 0.29) is 27.9 Å². The zero-order valence-corrected chi connectivity index (χ0v) is 20.2. The van der Waals surface area contributed by atoms with E-state index in [1.807, 2.05) is 6.07 Å². The molecule has 5 rings (SSSR count). The number of hydrogen-bond donors (Lipinski definition) is 0. The van der Waals surface area contributed by atoms with Gasteiger partial charge < -0.3 is 4.74 Å². The van der Waals surface area contributed by atoms with E-state index in [1.165, 1.54) is 30.4 Å². The number of piperidine rings is 1. The van der Waals surface area contributed by atoms with Gasteiger partial charge in [0.05, 0.1) is 28.7 Å². The van der Waals surface area contributed by atoms with Crippen molar-refractivity contribution in [3.63, 3.8) is 0 Å². The molecule has 0 N–H and O–H groups in total. The molecule has 0 spiro atoms. The molecule has 5 nitrogen and oxygen atoms in total. The first kappa shape index (κ1) is 24.4. The molecule has 2 aliphatic carbocycles. The summed E-state index contributed by atoms with van der Waals surface area (Å²) >= 11 is 12.2. The van der Waals surface area contributed by atoms with Crippen LogP contribution < -0.4 is 4.90 Å². The Morgan fingerprint density at radius 1 is 1.11 bits per heavy atom. The molecule has 2 amide bonds. The van der Waals surface area contributed by atoms with E-state index >= 15 is 0 Å². The fraction of sp³-hybridized carbons (Fsp3) is 0.269. The number of alkyl halides is 3. The number of allylic oxidation sites excluding steroid dienone is 3.